The highest BCUT2D eigenvalue weighted by molar-refractivity contribution is 7.92. The largest absolute Gasteiger partial charge is 0.491 e. The Labute approximate surface area is 177 Å². The molecule has 0 bridgehead atoms. The quantitative estimate of drug-likeness (QED) is 0.646. The Hall–Kier alpha value is -2.25. The van der Waals surface area contributed by atoms with Gasteiger partial charge in [-0.3, -0.25) is 9.10 Å². The van der Waals surface area contributed by atoms with Crippen molar-refractivity contribution in [1.82, 2.24) is 5.32 Å². The molecule has 0 radical (unpaired) electrons. The third-order valence-corrected chi connectivity index (χ3v) is 5.72. The summed E-state index contributed by atoms with van der Waals surface area (Å²) < 4.78 is 31.7. The zero-order valence-electron chi connectivity index (χ0n) is 17.1. The monoisotopic (exact) mass is 438 g/mol. The number of carbonyl (C=O) groups is 1. The molecule has 0 heterocycles. The summed E-state index contributed by atoms with van der Waals surface area (Å²) in [4.78, 5) is 12.9. The van der Waals surface area contributed by atoms with Gasteiger partial charge in [0.25, 0.3) is 0 Å². The van der Waals surface area contributed by atoms with Crippen LogP contribution in [-0.2, 0) is 14.8 Å². The average Bonchev–Trinajstić information content (AvgIpc) is 2.64. The molecule has 0 aliphatic heterocycles. The summed E-state index contributed by atoms with van der Waals surface area (Å²) in [5.41, 5.74) is 1.48. The predicted octanol–water partition coefficient (Wildman–Crippen LogP) is 3.78. The molecule has 6 nitrogen and oxygen atoms in total. The minimum atomic E-state index is -3.70. The molecule has 0 spiro atoms. The summed E-state index contributed by atoms with van der Waals surface area (Å²) in [6, 6.07) is 12.9. The van der Waals surface area contributed by atoms with Crippen molar-refractivity contribution < 1.29 is 17.9 Å². The van der Waals surface area contributed by atoms with Crippen LogP contribution in [0.5, 0.6) is 5.75 Å². The van der Waals surface area contributed by atoms with Gasteiger partial charge in [-0.1, -0.05) is 42.3 Å². The molecular weight excluding hydrogens is 412 g/mol. The highest BCUT2D eigenvalue weighted by Gasteiger charge is 2.32. The number of sulfonamides is 1. The number of hydrogen-bond acceptors (Lipinski definition) is 4. The topological polar surface area (TPSA) is 75.7 Å². The molecule has 0 saturated heterocycles. The van der Waals surface area contributed by atoms with Crippen LogP contribution in [0.4, 0.5) is 5.69 Å². The molecule has 0 fully saturated rings. The first-order valence-corrected chi connectivity index (χ1v) is 11.6. The Morgan fingerprint density at radius 1 is 1.21 bits per heavy atom. The van der Waals surface area contributed by atoms with Crippen LogP contribution in [0.3, 0.4) is 0 Å². The maximum absolute atomic E-state index is 12.9. The predicted molar refractivity (Wildman–Crippen MR) is 117 cm³/mol. The van der Waals surface area contributed by atoms with Crippen molar-refractivity contribution in [3.63, 3.8) is 0 Å². The number of ether oxygens (including phenoxy) is 1. The van der Waals surface area contributed by atoms with Crippen LogP contribution < -0.4 is 14.4 Å². The highest BCUT2D eigenvalue weighted by atomic mass is 35.5. The molecule has 1 amide bonds. The normalized spacial score (nSPS) is 13.4. The van der Waals surface area contributed by atoms with Crippen molar-refractivity contribution in [1.29, 1.82) is 0 Å². The van der Waals surface area contributed by atoms with E-state index in [0.29, 0.717) is 22.9 Å². The van der Waals surface area contributed by atoms with Gasteiger partial charge in [-0.15, -0.1) is 0 Å². The van der Waals surface area contributed by atoms with Crippen LogP contribution in [0.25, 0.3) is 0 Å². The Balaban J connectivity index is 2.11. The zero-order chi connectivity index (χ0) is 21.6. The van der Waals surface area contributed by atoms with Gasteiger partial charge in [-0.2, -0.15) is 0 Å². The minimum Gasteiger partial charge on any atom is -0.491 e. The van der Waals surface area contributed by atoms with Gasteiger partial charge in [-0.05, 0) is 50.6 Å². The van der Waals surface area contributed by atoms with E-state index in [4.69, 9.17) is 16.3 Å². The van der Waals surface area contributed by atoms with E-state index in [1.165, 1.54) is 6.07 Å². The van der Waals surface area contributed by atoms with Crippen molar-refractivity contribution in [3.05, 3.63) is 59.1 Å². The van der Waals surface area contributed by atoms with E-state index in [0.717, 1.165) is 16.1 Å². The lowest BCUT2D eigenvalue weighted by molar-refractivity contribution is -0.123. The summed E-state index contributed by atoms with van der Waals surface area (Å²) in [5.74, 6) is 0.318. The smallest absolute Gasteiger partial charge is 0.244 e. The first-order chi connectivity index (χ1) is 13.6. The summed E-state index contributed by atoms with van der Waals surface area (Å²) in [5, 5.41) is 3.24. The van der Waals surface area contributed by atoms with Gasteiger partial charge >= 0.3 is 0 Å². The molecule has 8 heteroatoms. The Bertz CT molecular complexity index is 932. The molecule has 1 N–H and O–H groups in total. The van der Waals surface area contributed by atoms with Gasteiger partial charge in [0, 0.05) is 5.02 Å². The van der Waals surface area contributed by atoms with Crippen molar-refractivity contribution >= 4 is 33.2 Å². The maximum atomic E-state index is 12.9. The zero-order valence-corrected chi connectivity index (χ0v) is 18.6. The van der Waals surface area contributed by atoms with Gasteiger partial charge < -0.3 is 10.1 Å². The lowest BCUT2D eigenvalue weighted by Crippen LogP contribution is -2.52. The van der Waals surface area contributed by atoms with E-state index in [9.17, 15) is 13.2 Å². The van der Waals surface area contributed by atoms with E-state index >= 15 is 0 Å². The minimum absolute atomic E-state index is 0.265. The number of nitrogens with one attached hydrogen (secondary N) is 1. The highest BCUT2D eigenvalue weighted by Crippen LogP contribution is 2.25. The van der Waals surface area contributed by atoms with E-state index in [-0.39, 0.29) is 12.6 Å². The second-order valence-electron chi connectivity index (χ2n) is 7.00. The number of nitrogens with zero attached hydrogens (tertiary/aromatic N) is 1. The number of halogens is 1. The van der Waals surface area contributed by atoms with Crippen molar-refractivity contribution in [3.8, 4) is 5.75 Å². The Morgan fingerprint density at radius 3 is 2.41 bits per heavy atom. The maximum Gasteiger partial charge on any atom is 0.244 e. The van der Waals surface area contributed by atoms with Crippen molar-refractivity contribution in [2.24, 2.45) is 0 Å². The van der Waals surface area contributed by atoms with E-state index < -0.39 is 22.0 Å². The van der Waals surface area contributed by atoms with Gasteiger partial charge in [0.05, 0.1) is 18.0 Å². The molecule has 158 valence electrons. The first-order valence-electron chi connectivity index (χ1n) is 9.36. The number of anilines is 1. The Kier molecular flexibility index (Phi) is 7.93. The fourth-order valence-electron chi connectivity index (χ4n) is 2.91. The number of aryl methyl sites for hydroxylation is 1. The van der Waals surface area contributed by atoms with Crippen molar-refractivity contribution in [2.45, 2.75) is 39.3 Å². The number of hydrogen-bond donors (Lipinski definition) is 1. The van der Waals surface area contributed by atoms with Gasteiger partial charge in [0.15, 0.2) is 0 Å². The van der Waals surface area contributed by atoms with E-state index in [1.807, 2.05) is 38.1 Å². The third-order valence-electron chi connectivity index (χ3n) is 4.30. The second kappa shape index (κ2) is 9.98. The molecule has 2 unspecified atom stereocenters. The summed E-state index contributed by atoms with van der Waals surface area (Å²) in [6.45, 7) is 5.83. The number of rotatable bonds is 9. The molecular formula is C21H27ClN2O4S. The van der Waals surface area contributed by atoms with Crippen LogP contribution in [0.15, 0.2) is 48.5 Å². The molecule has 29 heavy (non-hydrogen) atoms. The van der Waals surface area contributed by atoms with Crippen LogP contribution in [0, 0.1) is 6.92 Å². The summed E-state index contributed by atoms with van der Waals surface area (Å²) >= 11 is 6.02. The molecule has 2 rings (SSSR count). The molecule has 2 aromatic rings. The first kappa shape index (κ1) is 23.0. The van der Waals surface area contributed by atoms with Gasteiger partial charge in [-0.25, -0.2) is 8.42 Å². The lowest BCUT2D eigenvalue weighted by atomic mass is 10.1. The van der Waals surface area contributed by atoms with Crippen LogP contribution in [0.1, 0.15) is 25.8 Å². The third kappa shape index (κ3) is 6.65. The Morgan fingerprint density at radius 2 is 1.86 bits per heavy atom. The number of carbonyl (C=O) groups excluding carboxylic acids is 1. The van der Waals surface area contributed by atoms with Crippen LogP contribution >= 0.6 is 11.6 Å². The summed E-state index contributed by atoms with van der Waals surface area (Å²) in [6.07, 6.45) is 1.38. The number of amides is 1. The lowest BCUT2D eigenvalue weighted by Gasteiger charge is -2.31. The molecule has 0 aliphatic carbocycles. The average molecular weight is 439 g/mol. The fourth-order valence-corrected chi connectivity index (χ4v) is 4.30. The fraction of sp³-hybridized carbons (Fsp3) is 0.381. The van der Waals surface area contributed by atoms with Gasteiger partial charge in [0.1, 0.15) is 18.4 Å². The van der Waals surface area contributed by atoms with Crippen LogP contribution in [-0.4, -0.2) is 39.3 Å². The van der Waals surface area contributed by atoms with Gasteiger partial charge in [0.2, 0.25) is 15.9 Å². The second-order valence-corrected chi connectivity index (χ2v) is 9.29. The van der Waals surface area contributed by atoms with Crippen molar-refractivity contribution in [2.75, 3.05) is 17.2 Å². The molecule has 2 aromatic carbocycles. The van der Waals surface area contributed by atoms with E-state index in [1.54, 1.807) is 25.1 Å². The SMILES string of the molecule is CCC(C(=O)NC(C)COc1ccc(C)cc1)N(c1cccc(Cl)c1)S(C)(=O)=O. The summed E-state index contributed by atoms with van der Waals surface area (Å²) in [7, 11) is -3.70. The van der Waals surface area contributed by atoms with Crippen LogP contribution in [0.2, 0.25) is 5.02 Å². The number of benzene rings is 2. The standard InChI is InChI=1S/C21H27ClN2O4S/c1-5-20(24(29(4,26)27)18-8-6-7-17(22)13-18)21(25)23-16(3)14-28-19-11-9-15(2)10-12-19/h6-13,16,20H,5,14H2,1-4H3,(H,23,25). The molecule has 0 aliphatic rings. The molecule has 0 saturated carbocycles. The molecule has 2 atom stereocenters. The molecule has 0 aromatic heterocycles. The van der Waals surface area contributed by atoms with E-state index in [2.05, 4.69) is 5.32 Å².